The number of amides is 1. The molecule has 4 aromatic rings. The normalized spacial score (nSPS) is 15.1. The number of piperidine rings is 1. The number of nitrogens with one attached hydrogen (secondary N) is 1. The Balaban J connectivity index is 1.38. The van der Waals surface area contributed by atoms with E-state index < -0.39 is 6.09 Å². The fourth-order valence-corrected chi connectivity index (χ4v) is 4.94. The van der Waals surface area contributed by atoms with Crippen LogP contribution in [0.2, 0.25) is 0 Å². The first kappa shape index (κ1) is 22.6. The van der Waals surface area contributed by atoms with Crippen LogP contribution >= 0.6 is 0 Å². The molecule has 3 aromatic carbocycles. The van der Waals surface area contributed by atoms with Gasteiger partial charge in [0.05, 0.1) is 36.6 Å². The summed E-state index contributed by atoms with van der Waals surface area (Å²) in [6.07, 6.45) is 2.37. The highest BCUT2D eigenvalue weighted by Crippen LogP contribution is 2.36. The van der Waals surface area contributed by atoms with Crippen LogP contribution in [0.5, 0.6) is 0 Å². The number of hydrogen-bond donors (Lipinski definition) is 2. The lowest BCUT2D eigenvalue weighted by atomic mass is 9.73. The number of benzene rings is 3. The number of ether oxygens (including phenoxy) is 1. The maximum atomic E-state index is 11.5. The molecule has 1 amide bonds. The number of aromatic nitrogens is 2. The smallest absolute Gasteiger partial charge is 0.407 e. The molecule has 1 aliphatic rings. The third-order valence-corrected chi connectivity index (χ3v) is 6.99. The number of hydrogen-bond acceptors (Lipinski definition) is 4. The van der Waals surface area contributed by atoms with E-state index in [2.05, 4.69) is 40.5 Å². The van der Waals surface area contributed by atoms with Gasteiger partial charge in [-0.3, -0.25) is 5.10 Å². The van der Waals surface area contributed by atoms with Gasteiger partial charge in [0, 0.05) is 29.5 Å². The summed E-state index contributed by atoms with van der Waals surface area (Å²) in [6, 6.07) is 24.1. The Labute approximate surface area is 203 Å². The van der Waals surface area contributed by atoms with E-state index >= 15 is 0 Å². The number of nitrogens with zero attached hydrogens (tertiary/aromatic N) is 3. The van der Waals surface area contributed by atoms with E-state index in [1.807, 2.05) is 42.5 Å². The number of aromatic amines is 1. The first-order chi connectivity index (χ1) is 17.1. The Kier molecular flexibility index (Phi) is 6.21. The van der Waals surface area contributed by atoms with Crippen LogP contribution in [-0.2, 0) is 16.8 Å². The second-order valence-corrected chi connectivity index (χ2v) is 9.07. The third kappa shape index (κ3) is 4.61. The zero-order chi connectivity index (χ0) is 24.3. The van der Waals surface area contributed by atoms with E-state index in [4.69, 9.17) is 10.00 Å². The van der Waals surface area contributed by atoms with E-state index in [0.29, 0.717) is 44.7 Å². The summed E-state index contributed by atoms with van der Waals surface area (Å²) >= 11 is 0. The summed E-state index contributed by atoms with van der Waals surface area (Å²) in [6.45, 7) is 1.89. The Bertz CT molecular complexity index is 1370. The van der Waals surface area contributed by atoms with Crippen molar-refractivity contribution in [2.75, 3.05) is 19.7 Å². The van der Waals surface area contributed by atoms with Gasteiger partial charge in [0.2, 0.25) is 0 Å². The Hall–Kier alpha value is -4.15. The Morgan fingerprint density at radius 1 is 1.09 bits per heavy atom. The molecule has 1 aliphatic heterocycles. The standard InChI is InChI=1S/C28H26N4O3/c29-16-20-6-8-21(9-7-20)22-14-23-17-30-31-26(23)24(15-22)18-35-19-28(25-4-2-1-3-5-25)10-12-32(13-11-28)27(33)34/h1-9,14-15,17H,10-13,18-19H2,(H,30,31)(H,33,34). The van der Waals surface area contributed by atoms with E-state index in [-0.39, 0.29) is 5.41 Å². The number of likely N-dealkylation sites (tertiary alicyclic amines) is 1. The number of carbonyl (C=O) groups is 1. The van der Waals surface area contributed by atoms with E-state index in [1.165, 1.54) is 10.5 Å². The summed E-state index contributed by atoms with van der Waals surface area (Å²) in [5.41, 5.74) is 5.59. The van der Waals surface area contributed by atoms with Crippen LogP contribution in [0.15, 0.2) is 72.9 Å². The molecule has 0 atom stereocenters. The fraction of sp³-hybridized carbons (Fsp3) is 0.250. The molecule has 35 heavy (non-hydrogen) atoms. The van der Waals surface area contributed by atoms with Gasteiger partial charge >= 0.3 is 6.09 Å². The predicted molar refractivity (Wildman–Crippen MR) is 133 cm³/mol. The molecule has 1 saturated heterocycles. The van der Waals surface area contributed by atoms with Crippen LogP contribution in [0.3, 0.4) is 0 Å². The van der Waals surface area contributed by atoms with Crippen molar-refractivity contribution < 1.29 is 14.6 Å². The van der Waals surface area contributed by atoms with Crippen LogP contribution in [0.4, 0.5) is 4.79 Å². The number of fused-ring (bicyclic) bond motifs is 1. The Morgan fingerprint density at radius 2 is 1.83 bits per heavy atom. The minimum Gasteiger partial charge on any atom is -0.465 e. The molecule has 1 fully saturated rings. The van der Waals surface area contributed by atoms with Gasteiger partial charge in [0.25, 0.3) is 0 Å². The van der Waals surface area contributed by atoms with Gasteiger partial charge in [-0.15, -0.1) is 0 Å². The van der Waals surface area contributed by atoms with E-state index in [0.717, 1.165) is 27.6 Å². The summed E-state index contributed by atoms with van der Waals surface area (Å²) in [5.74, 6) is 0. The summed E-state index contributed by atoms with van der Waals surface area (Å²) in [7, 11) is 0. The summed E-state index contributed by atoms with van der Waals surface area (Å²) in [4.78, 5) is 12.9. The summed E-state index contributed by atoms with van der Waals surface area (Å²) < 4.78 is 6.36. The van der Waals surface area contributed by atoms with Gasteiger partial charge in [-0.2, -0.15) is 10.4 Å². The highest BCUT2D eigenvalue weighted by atomic mass is 16.5. The molecule has 7 nitrogen and oxygen atoms in total. The molecule has 0 radical (unpaired) electrons. The zero-order valence-corrected chi connectivity index (χ0v) is 19.3. The molecule has 0 bridgehead atoms. The van der Waals surface area contributed by atoms with Crippen LogP contribution in [0.25, 0.3) is 22.0 Å². The molecule has 0 aliphatic carbocycles. The lowest BCUT2D eigenvalue weighted by Crippen LogP contribution is -2.47. The average molecular weight is 467 g/mol. The average Bonchev–Trinajstić information content (AvgIpc) is 3.38. The lowest BCUT2D eigenvalue weighted by Gasteiger charge is -2.41. The van der Waals surface area contributed by atoms with Gasteiger partial charge in [-0.1, -0.05) is 42.5 Å². The SMILES string of the molecule is N#Cc1ccc(-c2cc(COCC3(c4ccccc4)CCN(C(=O)O)CC3)c3[nH]ncc3c2)cc1. The highest BCUT2D eigenvalue weighted by Gasteiger charge is 2.37. The van der Waals surface area contributed by atoms with Crippen molar-refractivity contribution in [2.45, 2.75) is 24.9 Å². The zero-order valence-electron chi connectivity index (χ0n) is 19.3. The topological polar surface area (TPSA) is 102 Å². The van der Waals surface area contributed by atoms with Crippen molar-refractivity contribution in [2.24, 2.45) is 0 Å². The lowest BCUT2D eigenvalue weighted by molar-refractivity contribution is 0.0372. The molecular weight excluding hydrogens is 440 g/mol. The molecule has 5 rings (SSSR count). The minimum atomic E-state index is -0.867. The second kappa shape index (κ2) is 9.61. The van der Waals surface area contributed by atoms with E-state index in [1.54, 1.807) is 6.20 Å². The minimum absolute atomic E-state index is 0.231. The second-order valence-electron chi connectivity index (χ2n) is 9.07. The van der Waals surface area contributed by atoms with Crippen molar-refractivity contribution in [1.29, 1.82) is 5.26 Å². The van der Waals surface area contributed by atoms with Crippen LogP contribution < -0.4 is 0 Å². The molecule has 7 heteroatoms. The predicted octanol–water partition coefficient (Wildman–Crippen LogP) is 5.33. The molecule has 0 unspecified atom stereocenters. The van der Waals surface area contributed by atoms with Crippen molar-refractivity contribution in [1.82, 2.24) is 15.1 Å². The maximum absolute atomic E-state index is 11.5. The first-order valence-corrected chi connectivity index (χ1v) is 11.7. The van der Waals surface area contributed by atoms with Gasteiger partial charge < -0.3 is 14.7 Å². The molecule has 1 aromatic heterocycles. The third-order valence-electron chi connectivity index (χ3n) is 6.99. The molecule has 2 N–H and O–H groups in total. The number of carboxylic acid groups (broad SMARTS) is 1. The Morgan fingerprint density at radius 3 is 2.51 bits per heavy atom. The monoisotopic (exact) mass is 466 g/mol. The van der Waals surface area contributed by atoms with Crippen LogP contribution in [0, 0.1) is 11.3 Å². The van der Waals surface area contributed by atoms with Gasteiger partial charge in [0.1, 0.15) is 0 Å². The summed E-state index contributed by atoms with van der Waals surface area (Å²) in [5, 5.41) is 26.8. The van der Waals surface area contributed by atoms with Gasteiger partial charge in [-0.05, 0) is 53.8 Å². The van der Waals surface area contributed by atoms with Crippen molar-refractivity contribution in [3.8, 4) is 17.2 Å². The van der Waals surface area contributed by atoms with Crippen molar-refractivity contribution in [3.05, 3.63) is 89.6 Å². The maximum Gasteiger partial charge on any atom is 0.407 e. The molecule has 0 spiro atoms. The fourth-order valence-electron chi connectivity index (χ4n) is 4.94. The van der Waals surface area contributed by atoms with Gasteiger partial charge in [0.15, 0.2) is 0 Å². The quantitative estimate of drug-likeness (QED) is 0.400. The van der Waals surface area contributed by atoms with E-state index in [9.17, 15) is 9.90 Å². The number of H-pyrrole nitrogens is 1. The molecule has 2 heterocycles. The largest absolute Gasteiger partial charge is 0.465 e. The highest BCUT2D eigenvalue weighted by molar-refractivity contribution is 5.87. The molecular formula is C28H26N4O3. The molecule has 176 valence electrons. The van der Waals surface area contributed by atoms with Crippen molar-refractivity contribution in [3.63, 3.8) is 0 Å². The van der Waals surface area contributed by atoms with Crippen molar-refractivity contribution >= 4 is 17.0 Å². The van der Waals surface area contributed by atoms with Crippen LogP contribution in [-0.4, -0.2) is 46.0 Å². The molecule has 0 saturated carbocycles. The van der Waals surface area contributed by atoms with Gasteiger partial charge in [-0.25, -0.2) is 4.79 Å². The number of nitriles is 1. The van der Waals surface area contributed by atoms with Crippen LogP contribution in [0.1, 0.15) is 29.5 Å². The number of rotatable bonds is 6. The first-order valence-electron chi connectivity index (χ1n) is 11.7.